The van der Waals surface area contributed by atoms with Crippen molar-refractivity contribution in [3.8, 4) is 0 Å². The normalized spacial score (nSPS) is 10.3. The molecule has 1 aromatic rings. The second kappa shape index (κ2) is 7.32. The quantitative estimate of drug-likeness (QED) is 0.345. The predicted molar refractivity (Wildman–Crippen MR) is 69.1 cm³/mol. The molecule has 0 aromatic heterocycles. The number of benzene rings is 1. The van der Waals surface area contributed by atoms with Crippen molar-refractivity contribution in [3.63, 3.8) is 0 Å². The van der Waals surface area contributed by atoms with Crippen LogP contribution in [0, 0.1) is 15.9 Å². The second-order valence-corrected chi connectivity index (χ2v) is 3.87. The van der Waals surface area contributed by atoms with Gasteiger partial charge >= 0.3 is 17.6 Å². The van der Waals surface area contributed by atoms with Gasteiger partial charge in [0, 0.05) is 0 Å². The molecule has 0 saturated heterocycles. The number of nitro benzene ring substituents is 1. The number of nitrogens with zero attached hydrogens (tertiary/aromatic N) is 1. The summed E-state index contributed by atoms with van der Waals surface area (Å²) in [5, 5.41) is 11.0. The highest BCUT2D eigenvalue weighted by Gasteiger charge is 2.38. The predicted octanol–water partition coefficient (Wildman–Crippen LogP) is 1.94. The van der Waals surface area contributed by atoms with Crippen LogP contribution in [0.3, 0.4) is 0 Å². The molecule has 0 saturated carbocycles. The molecule has 7 nitrogen and oxygen atoms in total. The van der Waals surface area contributed by atoms with Crippen LogP contribution >= 0.6 is 0 Å². The van der Waals surface area contributed by atoms with E-state index in [1.54, 1.807) is 0 Å². The van der Waals surface area contributed by atoms with E-state index in [9.17, 15) is 24.1 Å². The van der Waals surface area contributed by atoms with Crippen molar-refractivity contribution in [3.05, 3.63) is 39.7 Å². The Labute approximate surface area is 119 Å². The van der Waals surface area contributed by atoms with Gasteiger partial charge in [0.2, 0.25) is 5.82 Å². The molecule has 1 aromatic carbocycles. The minimum Gasteiger partial charge on any atom is -0.465 e. The maximum absolute atomic E-state index is 13.6. The Morgan fingerprint density at radius 3 is 2.19 bits per heavy atom. The van der Waals surface area contributed by atoms with Crippen molar-refractivity contribution in [1.29, 1.82) is 0 Å². The third kappa shape index (κ3) is 3.74. The van der Waals surface area contributed by atoms with Gasteiger partial charge < -0.3 is 9.47 Å². The molecule has 0 radical (unpaired) electrons. The highest BCUT2D eigenvalue weighted by Crippen LogP contribution is 2.31. The van der Waals surface area contributed by atoms with Crippen LogP contribution in [0.25, 0.3) is 0 Å². The Kier molecular flexibility index (Phi) is 5.77. The molecule has 0 spiro atoms. The van der Waals surface area contributed by atoms with Crippen LogP contribution < -0.4 is 0 Å². The van der Waals surface area contributed by atoms with Gasteiger partial charge in [0.25, 0.3) is 0 Å². The molecule has 0 heterocycles. The Bertz CT molecular complexity index is 542. The number of carbonyl (C=O) groups is 2. The van der Waals surface area contributed by atoms with Crippen molar-refractivity contribution in [1.82, 2.24) is 0 Å². The second-order valence-electron chi connectivity index (χ2n) is 3.87. The lowest BCUT2D eigenvalue weighted by atomic mass is 9.97. The summed E-state index contributed by atoms with van der Waals surface area (Å²) in [6.07, 6.45) is 0. The maximum atomic E-state index is 13.6. The van der Waals surface area contributed by atoms with Crippen molar-refractivity contribution < 1.29 is 28.4 Å². The Hall–Kier alpha value is -2.51. The van der Waals surface area contributed by atoms with E-state index in [-0.39, 0.29) is 13.2 Å². The zero-order chi connectivity index (χ0) is 16.0. The van der Waals surface area contributed by atoms with Gasteiger partial charge in [0.1, 0.15) is 0 Å². The lowest BCUT2D eigenvalue weighted by Gasteiger charge is -2.14. The molecule has 1 rings (SSSR count). The molecule has 0 atom stereocenters. The van der Waals surface area contributed by atoms with Crippen LogP contribution in [-0.4, -0.2) is 30.1 Å². The van der Waals surface area contributed by atoms with E-state index in [4.69, 9.17) is 9.47 Å². The van der Waals surface area contributed by atoms with Crippen LogP contribution in [0.1, 0.15) is 25.3 Å². The fraction of sp³-hybridized carbons (Fsp3) is 0.385. The average Bonchev–Trinajstić information content (AvgIpc) is 2.39. The number of nitro groups is 1. The molecule has 0 unspecified atom stereocenters. The number of para-hydroxylation sites is 1. The van der Waals surface area contributed by atoms with E-state index in [1.165, 1.54) is 19.9 Å². The van der Waals surface area contributed by atoms with Crippen LogP contribution in [-0.2, 0) is 19.1 Å². The summed E-state index contributed by atoms with van der Waals surface area (Å²) in [4.78, 5) is 33.7. The van der Waals surface area contributed by atoms with E-state index < -0.39 is 39.8 Å². The van der Waals surface area contributed by atoms with Crippen LogP contribution in [0.4, 0.5) is 10.1 Å². The first-order valence-corrected chi connectivity index (χ1v) is 6.20. The van der Waals surface area contributed by atoms with E-state index in [1.807, 2.05) is 0 Å². The third-order valence-corrected chi connectivity index (χ3v) is 2.56. The average molecular weight is 299 g/mol. The number of hydrogen-bond donors (Lipinski definition) is 0. The van der Waals surface area contributed by atoms with Crippen molar-refractivity contribution in [2.75, 3.05) is 13.2 Å². The number of carbonyl (C=O) groups excluding carboxylic acids is 2. The zero-order valence-electron chi connectivity index (χ0n) is 11.5. The first kappa shape index (κ1) is 16.5. The molecule has 0 aliphatic rings. The number of ether oxygens (including phenoxy) is 2. The summed E-state index contributed by atoms with van der Waals surface area (Å²) in [6.45, 7) is 2.97. The van der Waals surface area contributed by atoms with E-state index >= 15 is 0 Å². The largest absolute Gasteiger partial charge is 0.465 e. The van der Waals surface area contributed by atoms with Gasteiger partial charge in [-0.1, -0.05) is 12.1 Å². The molecular formula is C13H14FNO6. The molecule has 21 heavy (non-hydrogen) atoms. The number of halogens is 1. The molecular weight excluding hydrogens is 285 g/mol. The van der Waals surface area contributed by atoms with Gasteiger partial charge in [0.05, 0.1) is 23.7 Å². The lowest BCUT2D eigenvalue weighted by Crippen LogP contribution is -2.27. The van der Waals surface area contributed by atoms with E-state index in [0.29, 0.717) is 0 Å². The van der Waals surface area contributed by atoms with E-state index in [2.05, 4.69) is 0 Å². The fourth-order valence-electron chi connectivity index (χ4n) is 1.76. The summed E-state index contributed by atoms with van der Waals surface area (Å²) in [5.41, 5.74) is -1.33. The highest BCUT2D eigenvalue weighted by atomic mass is 19.1. The van der Waals surface area contributed by atoms with Crippen molar-refractivity contribution >= 4 is 17.6 Å². The van der Waals surface area contributed by atoms with Gasteiger partial charge in [-0.3, -0.25) is 19.7 Å². The van der Waals surface area contributed by atoms with Gasteiger partial charge in [-0.05, 0) is 19.9 Å². The SMILES string of the molecule is CCOC(=O)C(C(=O)OCC)c1cccc(F)c1[N+](=O)[O-]. The first-order valence-electron chi connectivity index (χ1n) is 6.20. The smallest absolute Gasteiger partial charge is 0.325 e. The molecule has 0 N–H and O–H groups in total. The van der Waals surface area contributed by atoms with Crippen LogP contribution in [0.15, 0.2) is 18.2 Å². The highest BCUT2D eigenvalue weighted by molar-refractivity contribution is 6.01. The number of esters is 2. The molecule has 8 heteroatoms. The van der Waals surface area contributed by atoms with Crippen molar-refractivity contribution in [2.24, 2.45) is 0 Å². The Morgan fingerprint density at radius 1 is 1.24 bits per heavy atom. The van der Waals surface area contributed by atoms with Crippen LogP contribution in [0.2, 0.25) is 0 Å². The van der Waals surface area contributed by atoms with Crippen LogP contribution in [0.5, 0.6) is 0 Å². The van der Waals surface area contributed by atoms with Crippen molar-refractivity contribution in [2.45, 2.75) is 19.8 Å². The number of rotatable bonds is 6. The minimum absolute atomic E-state index is 0.0299. The standard InChI is InChI=1S/C13H14FNO6/c1-3-20-12(16)10(13(17)21-4-2)8-6-5-7-9(14)11(8)15(18)19/h5-7,10H,3-4H2,1-2H3. The summed E-state index contributed by atoms with van der Waals surface area (Å²) in [6, 6.07) is 3.16. The maximum Gasteiger partial charge on any atom is 0.325 e. The molecule has 0 amide bonds. The third-order valence-electron chi connectivity index (χ3n) is 2.56. The summed E-state index contributed by atoms with van der Waals surface area (Å²) >= 11 is 0. The van der Waals surface area contributed by atoms with Gasteiger partial charge in [0.15, 0.2) is 5.92 Å². The first-order chi connectivity index (χ1) is 9.93. The molecule has 0 fully saturated rings. The lowest BCUT2D eigenvalue weighted by molar-refractivity contribution is -0.388. The topological polar surface area (TPSA) is 95.7 Å². The molecule has 114 valence electrons. The van der Waals surface area contributed by atoms with Gasteiger partial charge in [-0.15, -0.1) is 0 Å². The molecule has 0 aliphatic carbocycles. The minimum atomic E-state index is -1.69. The van der Waals surface area contributed by atoms with Gasteiger partial charge in [-0.25, -0.2) is 0 Å². The fourth-order valence-corrected chi connectivity index (χ4v) is 1.76. The Balaban J connectivity index is 3.39. The zero-order valence-corrected chi connectivity index (χ0v) is 11.5. The summed E-state index contributed by atoms with van der Waals surface area (Å²) in [5.74, 6) is -4.88. The van der Waals surface area contributed by atoms with Gasteiger partial charge in [-0.2, -0.15) is 4.39 Å². The molecule has 0 bridgehead atoms. The summed E-state index contributed by atoms with van der Waals surface area (Å²) in [7, 11) is 0. The number of hydrogen-bond acceptors (Lipinski definition) is 6. The molecule has 0 aliphatic heterocycles. The van der Waals surface area contributed by atoms with E-state index in [0.717, 1.165) is 12.1 Å². The Morgan fingerprint density at radius 2 is 1.76 bits per heavy atom. The summed E-state index contributed by atoms with van der Waals surface area (Å²) < 4.78 is 23.0. The monoisotopic (exact) mass is 299 g/mol.